The highest BCUT2D eigenvalue weighted by Crippen LogP contribution is 2.31. The van der Waals surface area contributed by atoms with Crippen LogP contribution in [0.2, 0.25) is 0 Å². The maximum Gasteiger partial charge on any atom is 0.311 e. The molecule has 1 aromatic rings. The van der Waals surface area contributed by atoms with Gasteiger partial charge in [0.25, 0.3) is 0 Å². The van der Waals surface area contributed by atoms with Crippen molar-refractivity contribution >= 4 is 5.97 Å². The van der Waals surface area contributed by atoms with Crippen LogP contribution in [0.15, 0.2) is 24.3 Å². The van der Waals surface area contributed by atoms with Gasteiger partial charge in [-0.3, -0.25) is 4.79 Å². The molecule has 0 radical (unpaired) electrons. The van der Waals surface area contributed by atoms with Gasteiger partial charge < -0.3 is 15.2 Å². The number of hydrogen-bond acceptors (Lipinski definition) is 3. The summed E-state index contributed by atoms with van der Waals surface area (Å²) in [5.74, 6) is -0.288. The molecular weight excluding hydrogens is 230 g/mol. The molecule has 1 fully saturated rings. The number of ether oxygens (including phenoxy) is 1. The molecule has 0 saturated carbocycles. The molecule has 4 heteroatoms. The number of carbonyl (C=O) groups is 1. The minimum absolute atomic E-state index is 0.166. The molecule has 0 amide bonds. The number of nitrogens with one attached hydrogen (secondary N) is 1. The van der Waals surface area contributed by atoms with Crippen molar-refractivity contribution in [2.24, 2.45) is 5.92 Å². The third-order valence-corrected chi connectivity index (χ3v) is 3.36. The lowest BCUT2D eigenvalue weighted by Crippen LogP contribution is -2.23. The first-order valence-electron chi connectivity index (χ1n) is 6.38. The van der Waals surface area contributed by atoms with Crippen molar-refractivity contribution in [3.63, 3.8) is 0 Å². The molecule has 98 valence electrons. The van der Waals surface area contributed by atoms with Gasteiger partial charge in [-0.25, -0.2) is 0 Å². The van der Waals surface area contributed by atoms with Crippen LogP contribution in [0.5, 0.6) is 5.75 Å². The topological polar surface area (TPSA) is 58.6 Å². The van der Waals surface area contributed by atoms with Crippen LogP contribution in [-0.4, -0.2) is 30.8 Å². The van der Waals surface area contributed by atoms with Crippen LogP contribution < -0.4 is 10.1 Å². The lowest BCUT2D eigenvalue weighted by molar-refractivity contribution is -0.140. The molecule has 1 heterocycles. The maximum atomic E-state index is 11.5. The van der Waals surface area contributed by atoms with Gasteiger partial charge in [0.1, 0.15) is 5.75 Å². The van der Waals surface area contributed by atoms with Crippen LogP contribution in [-0.2, 0) is 4.79 Å². The van der Waals surface area contributed by atoms with Crippen LogP contribution in [0.25, 0.3) is 0 Å². The fourth-order valence-electron chi connectivity index (χ4n) is 2.54. The lowest BCUT2D eigenvalue weighted by Gasteiger charge is -2.19. The summed E-state index contributed by atoms with van der Waals surface area (Å²) in [4.78, 5) is 11.5. The molecule has 0 aromatic heterocycles. The average Bonchev–Trinajstić information content (AvgIpc) is 2.83. The second-order valence-corrected chi connectivity index (χ2v) is 4.57. The van der Waals surface area contributed by atoms with Gasteiger partial charge in [-0.1, -0.05) is 12.1 Å². The zero-order valence-electron chi connectivity index (χ0n) is 10.6. The quantitative estimate of drug-likeness (QED) is 0.836. The highest BCUT2D eigenvalue weighted by molar-refractivity contribution is 5.76. The molecule has 0 aliphatic carbocycles. The standard InChI is InChI=1S/C14H19NO3/c1-2-18-12-5-3-4-10(8-12)13(14(16)17)11-6-7-15-9-11/h3-5,8,11,13,15H,2,6-7,9H2,1H3,(H,16,17). The molecule has 1 aliphatic rings. The van der Waals surface area contributed by atoms with E-state index in [1.165, 1.54) is 0 Å². The Hall–Kier alpha value is -1.55. The van der Waals surface area contributed by atoms with E-state index in [0.29, 0.717) is 6.61 Å². The Kier molecular flexibility index (Phi) is 4.20. The van der Waals surface area contributed by atoms with Crippen molar-refractivity contribution in [3.8, 4) is 5.75 Å². The normalized spacial score (nSPS) is 20.6. The highest BCUT2D eigenvalue weighted by Gasteiger charge is 2.31. The monoisotopic (exact) mass is 249 g/mol. The molecule has 1 aliphatic heterocycles. The molecule has 2 unspecified atom stereocenters. The number of aliphatic carboxylic acids is 1. The van der Waals surface area contributed by atoms with Gasteiger partial charge in [0.15, 0.2) is 0 Å². The van der Waals surface area contributed by atoms with Crippen molar-refractivity contribution < 1.29 is 14.6 Å². The van der Waals surface area contributed by atoms with Gasteiger partial charge in [0, 0.05) is 0 Å². The van der Waals surface area contributed by atoms with E-state index in [1.54, 1.807) is 0 Å². The number of benzene rings is 1. The summed E-state index contributed by atoms with van der Waals surface area (Å²) < 4.78 is 5.43. The Morgan fingerprint density at radius 3 is 3.06 bits per heavy atom. The average molecular weight is 249 g/mol. The van der Waals surface area contributed by atoms with E-state index in [2.05, 4.69) is 5.32 Å². The van der Waals surface area contributed by atoms with E-state index >= 15 is 0 Å². The molecule has 1 aromatic carbocycles. The highest BCUT2D eigenvalue weighted by atomic mass is 16.5. The predicted octanol–water partition coefficient (Wildman–Crippen LogP) is 1.86. The zero-order chi connectivity index (χ0) is 13.0. The number of carboxylic acid groups (broad SMARTS) is 1. The fourth-order valence-corrected chi connectivity index (χ4v) is 2.54. The number of rotatable bonds is 5. The van der Waals surface area contributed by atoms with Gasteiger partial charge in [-0.15, -0.1) is 0 Å². The molecule has 18 heavy (non-hydrogen) atoms. The lowest BCUT2D eigenvalue weighted by atomic mass is 9.85. The van der Waals surface area contributed by atoms with E-state index in [0.717, 1.165) is 30.8 Å². The van der Waals surface area contributed by atoms with Crippen molar-refractivity contribution in [2.75, 3.05) is 19.7 Å². The molecule has 0 bridgehead atoms. The first-order valence-corrected chi connectivity index (χ1v) is 6.38. The minimum atomic E-state index is -0.752. The summed E-state index contributed by atoms with van der Waals surface area (Å²) in [5.41, 5.74) is 0.835. The Morgan fingerprint density at radius 2 is 2.44 bits per heavy atom. The van der Waals surface area contributed by atoms with Gasteiger partial charge in [0.05, 0.1) is 12.5 Å². The maximum absolute atomic E-state index is 11.5. The van der Waals surface area contributed by atoms with E-state index < -0.39 is 11.9 Å². The third kappa shape index (κ3) is 2.82. The second-order valence-electron chi connectivity index (χ2n) is 4.57. The van der Waals surface area contributed by atoms with Crippen LogP contribution in [0, 0.1) is 5.92 Å². The summed E-state index contributed by atoms with van der Waals surface area (Å²) in [6.07, 6.45) is 0.913. The fraction of sp³-hybridized carbons (Fsp3) is 0.500. The van der Waals surface area contributed by atoms with Gasteiger partial charge in [0.2, 0.25) is 0 Å². The minimum Gasteiger partial charge on any atom is -0.494 e. The summed E-state index contributed by atoms with van der Waals surface area (Å²) in [7, 11) is 0. The SMILES string of the molecule is CCOc1cccc(C(C(=O)O)C2CCNC2)c1. The Labute approximate surface area is 107 Å². The van der Waals surface area contributed by atoms with Crippen molar-refractivity contribution in [1.82, 2.24) is 5.32 Å². The molecular formula is C14H19NO3. The molecule has 0 spiro atoms. The van der Waals surface area contributed by atoms with Gasteiger partial charge in [-0.05, 0) is 50.0 Å². The van der Waals surface area contributed by atoms with E-state index in [4.69, 9.17) is 4.74 Å². The van der Waals surface area contributed by atoms with E-state index in [-0.39, 0.29) is 5.92 Å². The van der Waals surface area contributed by atoms with E-state index in [9.17, 15) is 9.90 Å². The van der Waals surface area contributed by atoms with E-state index in [1.807, 2.05) is 31.2 Å². The van der Waals surface area contributed by atoms with Crippen LogP contribution >= 0.6 is 0 Å². The van der Waals surface area contributed by atoms with Crippen molar-refractivity contribution in [1.29, 1.82) is 0 Å². The summed E-state index contributed by atoms with van der Waals surface area (Å²) in [6.45, 7) is 4.18. The summed E-state index contributed by atoms with van der Waals surface area (Å²) in [5, 5.41) is 12.7. The molecule has 4 nitrogen and oxygen atoms in total. The second kappa shape index (κ2) is 5.87. The number of carboxylic acids is 1. The number of hydrogen-bond donors (Lipinski definition) is 2. The molecule has 2 rings (SSSR count). The Morgan fingerprint density at radius 1 is 1.61 bits per heavy atom. The summed E-state index contributed by atoms with van der Waals surface area (Å²) >= 11 is 0. The van der Waals surface area contributed by atoms with Crippen molar-refractivity contribution in [3.05, 3.63) is 29.8 Å². The first kappa shape index (κ1) is 12.9. The largest absolute Gasteiger partial charge is 0.494 e. The summed E-state index contributed by atoms with van der Waals surface area (Å²) in [6, 6.07) is 7.44. The zero-order valence-corrected chi connectivity index (χ0v) is 10.6. The molecule has 1 saturated heterocycles. The van der Waals surface area contributed by atoms with Gasteiger partial charge in [-0.2, -0.15) is 0 Å². The van der Waals surface area contributed by atoms with Crippen LogP contribution in [0.4, 0.5) is 0 Å². The molecule has 2 atom stereocenters. The predicted molar refractivity (Wildman–Crippen MR) is 69.0 cm³/mol. The van der Waals surface area contributed by atoms with Gasteiger partial charge >= 0.3 is 5.97 Å². The van der Waals surface area contributed by atoms with Crippen molar-refractivity contribution in [2.45, 2.75) is 19.3 Å². The van der Waals surface area contributed by atoms with Crippen LogP contribution in [0.1, 0.15) is 24.8 Å². The first-order chi connectivity index (χ1) is 8.72. The van der Waals surface area contributed by atoms with Crippen LogP contribution in [0.3, 0.4) is 0 Å². The third-order valence-electron chi connectivity index (χ3n) is 3.36. The Balaban J connectivity index is 2.24. The Bertz CT molecular complexity index is 413. The smallest absolute Gasteiger partial charge is 0.311 e. The molecule has 2 N–H and O–H groups in total.